The molecule has 1 aromatic heterocycles. The first-order valence-electron chi connectivity index (χ1n) is 5.61. The van der Waals surface area contributed by atoms with Gasteiger partial charge in [-0.15, -0.1) is 0 Å². The van der Waals surface area contributed by atoms with E-state index in [0.717, 1.165) is 6.20 Å². The molecule has 10 heteroatoms. The van der Waals surface area contributed by atoms with E-state index in [1.807, 2.05) is 0 Å². The second-order valence-electron chi connectivity index (χ2n) is 3.94. The summed E-state index contributed by atoms with van der Waals surface area (Å²) in [5.41, 5.74) is -1.18. The molecule has 0 saturated heterocycles. The summed E-state index contributed by atoms with van der Waals surface area (Å²) in [4.78, 5) is 11.5. The highest BCUT2D eigenvalue weighted by Gasteiger charge is 2.34. The van der Waals surface area contributed by atoms with Crippen LogP contribution in [0, 0.1) is 0 Å². The van der Waals surface area contributed by atoms with Crippen molar-refractivity contribution < 1.29 is 35.9 Å². The van der Waals surface area contributed by atoms with E-state index < -0.39 is 48.8 Å². The Morgan fingerprint density at radius 3 is 2.48 bits per heavy atom. The van der Waals surface area contributed by atoms with Crippen molar-refractivity contribution in [1.29, 1.82) is 0 Å². The minimum absolute atomic E-state index is 0.653. The molecule has 0 spiro atoms. The molecule has 1 unspecified atom stereocenters. The van der Waals surface area contributed by atoms with Gasteiger partial charge in [-0.25, -0.2) is 9.18 Å². The quantitative estimate of drug-likeness (QED) is 0.617. The Kier molecular flexibility index (Phi) is 5.39. The van der Waals surface area contributed by atoms with Crippen LogP contribution in [0.4, 0.5) is 26.3 Å². The maximum atomic E-state index is 12.4. The Morgan fingerprint density at radius 1 is 1.38 bits per heavy atom. The number of nitrogens with zero attached hydrogens (tertiary/aromatic N) is 2. The number of halogens is 6. The van der Waals surface area contributed by atoms with Crippen LogP contribution in [0.1, 0.15) is 25.1 Å². The van der Waals surface area contributed by atoms with Gasteiger partial charge in [-0.3, -0.25) is 4.68 Å². The lowest BCUT2D eigenvalue weighted by molar-refractivity contribution is -0.148. The third kappa shape index (κ3) is 4.80. The number of carbonyl (C=O) groups is 1. The molecular weight excluding hydrogens is 306 g/mol. The van der Waals surface area contributed by atoms with Crippen molar-refractivity contribution in [1.82, 2.24) is 9.78 Å². The van der Waals surface area contributed by atoms with Gasteiger partial charge < -0.3 is 4.74 Å². The lowest BCUT2D eigenvalue weighted by Crippen LogP contribution is -2.21. The normalized spacial score (nSPS) is 12.9. The summed E-state index contributed by atoms with van der Waals surface area (Å²) in [5.74, 6) is -2.73. The first-order chi connectivity index (χ1) is 9.62. The summed E-state index contributed by atoms with van der Waals surface area (Å²) < 4.78 is 78.1. The summed E-state index contributed by atoms with van der Waals surface area (Å²) in [5, 5.41) is 3.16. The van der Waals surface area contributed by atoms with Gasteiger partial charge in [-0.05, 0) is 13.0 Å². The minimum atomic E-state index is -4.65. The average Bonchev–Trinajstić information content (AvgIpc) is 2.86. The largest absolute Gasteiger partial charge is 0.464 e. The van der Waals surface area contributed by atoms with Crippen LogP contribution in [-0.2, 0) is 15.7 Å². The smallest absolute Gasteiger partial charge is 0.435 e. The molecule has 0 amide bonds. The van der Waals surface area contributed by atoms with Crippen LogP contribution in [0.15, 0.2) is 24.2 Å². The third-order valence-corrected chi connectivity index (χ3v) is 2.41. The highest BCUT2D eigenvalue weighted by Crippen LogP contribution is 2.28. The van der Waals surface area contributed by atoms with E-state index in [1.54, 1.807) is 0 Å². The van der Waals surface area contributed by atoms with E-state index in [2.05, 4.69) is 9.84 Å². The standard InChI is InChI=1S/C11H10F6N2O2/c1-6(10(20)21-5-3-7(12)9(13)14)19-4-2-8(18-19)11(15,16)17/h2,4,6H,3,5H2,1H3. The molecule has 1 heterocycles. The summed E-state index contributed by atoms with van der Waals surface area (Å²) in [7, 11) is 0. The first-order valence-corrected chi connectivity index (χ1v) is 5.61. The van der Waals surface area contributed by atoms with Gasteiger partial charge in [0.25, 0.3) is 0 Å². The van der Waals surface area contributed by atoms with E-state index in [-0.39, 0.29) is 0 Å². The predicted molar refractivity (Wildman–Crippen MR) is 57.9 cm³/mol. The fourth-order valence-corrected chi connectivity index (χ4v) is 1.27. The lowest BCUT2D eigenvalue weighted by Gasteiger charge is -2.11. The molecule has 21 heavy (non-hydrogen) atoms. The number of esters is 1. The van der Waals surface area contributed by atoms with Gasteiger partial charge in [0.05, 0.1) is 6.61 Å². The van der Waals surface area contributed by atoms with Gasteiger partial charge in [0.2, 0.25) is 0 Å². The predicted octanol–water partition coefficient (Wildman–Crippen LogP) is 3.47. The van der Waals surface area contributed by atoms with Crippen molar-refractivity contribution in [2.45, 2.75) is 25.6 Å². The lowest BCUT2D eigenvalue weighted by atomic mass is 10.3. The van der Waals surface area contributed by atoms with Crippen LogP contribution in [0.3, 0.4) is 0 Å². The number of carbonyl (C=O) groups excluding carboxylic acids is 1. The summed E-state index contributed by atoms with van der Waals surface area (Å²) in [6.07, 6.45) is -7.05. The van der Waals surface area contributed by atoms with Crippen LogP contribution >= 0.6 is 0 Å². The molecule has 0 aromatic carbocycles. The molecule has 0 aliphatic rings. The van der Waals surface area contributed by atoms with Crippen molar-refractivity contribution in [3.63, 3.8) is 0 Å². The summed E-state index contributed by atoms with van der Waals surface area (Å²) in [6, 6.07) is -0.534. The molecule has 0 aliphatic heterocycles. The van der Waals surface area contributed by atoms with Crippen molar-refractivity contribution in [3.8, 4) is 0 Å². The maximum Gasteiger partial charge on any atom is 0.435 e. The molecule has 1 rings (SSSR count). The number of aromatic nitrogens is 2. The summed E-state index contributed by atoms with van der Waals surface area (Å²) in [6.45, 7) is 0.553. The zero-order valence-electron chi connectivity index (χ0n) is 10.6. The van der Waals surface area contributed by atoms with Gasteiger partial charge in [-0.1, -0.05) is 0 Å². The van der Waals surface area contributed by atoms with Crippen molar-refractivity contribution >= 4 is 5.97 Å². The molecule has 118 valence electrons. The second kappa shape index (κ2) is 6.64. The Morgan fingerprint density at radius 2 is 2.00 bits per heavy atom. The SMILES string of the molecule is CC(C(=O)OCCC(F)=C(F)F)n1ccc(C(F)(F)F)n1. The fraction of sp³-hybridized carbons (Fsp3) is 0.455. The molecule has 0 N–H and O–H groups in total. The molecule has 0 fully saturated rings. The molecule has 0 radical (unpaired) electrons. The van der Waals surface area contributed by atoms with Crippen LogP contribution < -0.4 is 0 Å². The molecule has 0 saturated carbocycles. The highest BCUT2D eigenvalue weighted by atomic mass is 19.4. The van der Waals surface area contributed by atoms with Gasteiger partial charge >= 0.3 is 18.2 Å². The van der Waals surface area contributed by atoms with E-state index in [4.69, 9.17) is 0 Å². The monoisotopic (exact) mass is 316 g/mol. The van der Waals surface area contributed by atoms with Gasteiger partial charge in [0.15, 0.2) is 11.5 Å². The van der Waals surface area contributed by atoms with Crippen LogP contribution in [-0.4, -0.2) is 22.4 Å². The number of alkyl halides is 3. The van der Waals surface area contributed by atoms with E-state index in [1.165, 1.54) is 6.92 Å². The second-order valence-corrected chi connectivity index (χ2v) is 3.94. The Bertz CT molecular complexity index is 533. The van der Waals surface area contributed by atoms with E-state index >= 15 is 0 Å². The Labute approximate surface area is 115 Å². The Balaban J connectivity index is 2.59. The van der Waals surface area contributed by atoms with E-state index in [9.17, 15) is 31.1 Å². The molecule has 1 atom stereocenters. The first kappa shape index (κ1) is 17.1. The molecule has 0 aliphatic carbocycles. The fourth-order valence-electron chi connectivity index (χ4n) is 1.27. The molecule has 4 nitrogen and oxygen atoms in total. The van der Waals surface area contributed by atoms with Crippen LogP contribution in [0.5, 0.6) is 0 Å². The van der Waals surface area contributed by atoms with Gasteiger partial charge in [0, 0.05) is 12.6 Å². The van der Waals surface area contributed by atoms with Gasteiger partial charge in [0.1, 0.15) is 6.04 Å². The highest BCUT2D eigenvalue weighted by molar-refractivity contribution is 5.73. The number of ether oxygens (including phenoxy) is 1. The zero-order chi connectivity index (χ0) is 16.2. The van der Waals surface area contributed by atoms with Crippen LogP contribution in [0.25, 0.3) is 0 Å². The molecule has 0 bridgehead atoms. The maximum absolute atomic E-state index is 12.4. The van der Waals surface area contributed by atoms with Crippen LogP contribution in [0.2, 0.25) is 0 Å². The molecular formula is C11H10F6N2O2. The van der Waals surface area contributed by atoms with Gasteiger partial charge in [-0.2, -0.15) is 27.1 Å². The number of hydrogen-bond acceptors (Lipinski definition) is 3. The average molecular weight is 316 g/mol. The third-order valence-electron chi connectivity index (χ3n) is 2.41. The molecule has 1 aromatic rings. The Hall–Kier alpha value is -2.00. The zero-order valence-corrected chi connectivity index (χ0v) is 10.6. The van der Waals surface area contributed by atoms with E-state index in [0.29, 0.717) is 10.7 Å². The topological polar surface area (TPSA) is 44.1 Å². The summed E-state index contributed by atoms with van der Waals surface area (Å²) >= 11 is 0. The van der Waals surface area contributed by atoms with Crippen molar-refractivity contribution in [2.24, 2.45) is 0 Å². The van der Waals surface area contributed by atoms with Crippen molar-refractivity contribution in [2.75, 3.05) is 6.61 Å². The minimum Gasteiger partial charge on any atom is -0.464 e. The number of rotatable bonds is 5. The van der Waals surface area contributed by atoms with Crippen molar-refractivity contribution in [3.05, 3.63) is 29.9 Å². The number of hydrogen-bond donors (Lipinski definition) is 0.